The number of nitrogens with zero attached hydrogens (tertiary/aromatic N) is 2. The average Bonchev–Trinajstić information content (AvgIpc) is 2.85. The zero-order chi connectivity index (χ0) is 14.4. The lowest BCUT2D eigenvalue weighted by Gasteiger charge is -2.28. The Balaban J connectivity index is 1.72. The lowest BCUT2D eigenvalue weighted by molar-refractivity contribution is -0.129. The minimum absolute atomic E-state index is 0.0223. The highest BCUT2D eigenvalue weighted by Crippen LogP contribution is 2.17. The second kappa shape index (κ2) is 7.59. The third-order valence-corrected chi connectivity index (χ3v) is 3.92. The Morgan fingerprint density at radius 3 is 2.80 bits per heavy atom. The van der Waals surface area contributed by atoms with Crippen molar-refractivity contribution in [2.45, 2.75) is 19.8 Å². The molecule has 0 spiro atoms. The summed E-state index contributed by atoms with van der Waals surface area (Å²) in [6.45, 7) is 8.29. The summed E-state index contributed by atoms with van der Waals surface area (Å²) < 4.78 is 5.30. The molecule has 0 aromatic carbocycles. The maximum absolute atomic E-state index is 11.9. The normalized spacial score (nSPS) is 24.1. The number of morpholine rings is 1. The van der Waals surface area contributed by atoms with Crippen LogP contribution in [0.3, 0.4) is 0 Å². The molecule has 1 N–H and O–H groups in total. The van der Waals surface area contributed by atoms with Crippen LogP contribution in [0.5, 0.6) is 0 Å². The molecule has 6 nitrogen and oxygen atoms in total. The van der Waals surface area contributed by atoms with Gasteiger partial charge in [0.25, 0.3) is 0 Å². The summed E-state index contributed by atoms with van der Waals surface area (Å²) >= 11 is 0. The zero-order valence-corrected chi connectivity index (χ0v) is 12.3. The van der Waals surface area contributed by atoms with Gasteiger partial charge in [-0.2, -0.15) is 0 Å². The Bertz CT molecular complexity index is 343. The van der Waals surface area contributed by atoms with Crippen molar-refractivity contribution in [1.82, 2.24) is 15.1 Å². The molecule has 6 heteroatoms. The molecule has 1 unspecified atom stereocenters. The maximum atomic E-state index is 11.9. The van der Waals surface area contributed by atoms with Gasteiger partial charge in [-0.15, -0.1) is 0 Å². The van der Waals surface area contributed by atoms with Crippen molar-refractivity contribution in [3.05, 3.63) is 0 Å². The summed E-state index contributed by atoms with van der Waals surface area (Å²) in [5.41, 5.74) is 0. The Labute approximate surface area is 120 Å². The molecule has 2 saturated heterocycles. The van der Waals surface area contributed by atoms with E-state index in [9.17, 15) is 9.59 Å². The first-order valence-electron chi connectivity index (χ1n) is 7.56. The highest BCUT2D eigenvalue weighted by Gasteiger charge is 2.33. The molecule has 2 rings (SSSR count). The van der Waals surface area contributed by atoms with Crippen LogP contribution < -0.4 is 5.32 Å². The van der Waals surface area contributed by atoms with Crippen LogP contribution in [0.2, 0.25) is 0 Å². The molecule has 2 amide bonds. The molecule has 0 bridgehead atoms. The molecule has 0 radical (unpaired) electrons. The van der Waals surface area contributed by atoms with E-state index < -0.39 is 0 Å². The van der Waals surface area contributed by atoms with Crippen molar-refractivity contribution in [2.24, 2.45) is 5.92 Å². The quantitative estimate of drug-likeness (QED) is 0.726. The zero-order valence-electron chi connectivity index (χ0n) is 12.3. The van der Waals surface area contributed by atoms with Gasteiger partial charge < -0.3 is 15.0 Å². The van der Waals surface area contributed by atoms with E-state index in [1.165, 1.54) is 0 Å². The van der Waals surface area contributed by atoms with Crippen molar-refractivity contribution >= 4 is 11.8 Å². The average molecular weight is 283 g/mol. The van der Waals surface area contributed by atoms with E-state index in [0.29, 0.717) is 19.5 Å². The van der Waals surface area contributed by atoms with Crippen LogP contribution >= 0.6 is 0 Å². The van der Waals surface area contributed by atoms with Crippen LogP contribution in [-0.4, -0.2) is 74.1 Å². The van der Waals surface area contributed by atoms with Gasteiger partial charge in [-0.05, 0) is 6.42 Å². The van der Waals surface area contributed by atoms with Gasteiger partial charge in [0.2, 0.25) is 11.8 Å². The molecular formula is C14H25N3O3. The van der Waals surface area contributed by atoms with Crippen LogP contribution in [0.4, 0.5) is 0 Å². The van der Waals surface area contributed by atoms with Crippen molar-refractivity contribution in [1.29, 1.82) is 0 Å². The Morgan fingerprint density at radius 2 is 2.10 bits per heavy atom. The molecule has 20 heavy (non-hydrogen) atoms. The fraction of sp³-hybridized carbons (Fsp3) is 0.857. The Hall–Kier alpha value is -1.14. The van der Waals surface area contributed by atoms with Crippen molar-refractivity contribution in [3.63, 3.8) is 0 Å². The highest BCUT2D eigenvalue weighted by molar-refractivity contribution is 5.89. The number of nitrogens with one attached hydrogen (secondary N) is 1. The first-order chi connectivity index (χ1) is 9.70. The predicted molar refractivity (Wildman–Crippen MR) is 75.2 cm³/mol. The summed E-state index contributed by atoms with van der Waals surface area (Å²) in [6.07, 6.45) is 1.28. The lowest BCUT2D eigenvalue weighted by Crippen LogP contribution is -2.42. The van der Waals surface area contributed by atoms with Crippen molar-refractivity contribution in [2.75, 3.05) is 52.5 Å². The summed E-state index contributed by atoms with van der Waals surface area (Å²) in [4.78, 5) is 28.0. The standard InChI is InChI=1S/C14H25N3O3/c1-2-3-15-14(19)12-10-13(18)17(11-12)5-4-16-6-8-20-9-7-16/h12H,2-11H2,1H3,(H,15,19). The Morgan fingerprint density at radius 1 is 1.35 bits per heavy atom. The monoisotopic (exact) mass is 283 g/mol. The smallest absolute Gasteiger partial charge is 0.225 e. The van der Waals surface area contributed by atoms with E-state index >= 15 is 0 Å². The third kappa shape index (κ3) is 4.18. The molecule has 2 aliphatic rings. The molecule has 0 saturated carbocycles. The summed E-state index contributed by atoms with van der Waals surface area (Å²) in [5, 5.41) is 2.88. The largest absolute Gasteiger partial charge is 0.379 e. The second-order valence-electron chi connectivity index (χ2n) is 5.49. The first kappa shape index (κ1) is 15.3. The number of hydrogen-bond donors (Lipinski definition) is 1. The molecule has 0 aromatic rings. The lowest BCUT2D eigenvalue weighted by atomic mass is 10.1. The third-order valence-electron chi connectivity index (χ3n) is 3.92. The van der Waals surface area contributed by atoms with E-state index in [4.69, 9.17) is 4.74 Å². The number of carbonyl (C=O) groups excluding carboxylic acids is 2. The van der Waals surface area contributed by atoms with E-state index in [1.807, 2.05) is 11.8 Å². The number of likely N-dealkylation sites (tertiary alicyclic amines) is 1. The highest BCUT2D eigenvalue weighted by atomic mass is 16.5. The van der Waals surface area contributed by atoms with Gasteiger partial charge >= 0.3 is 0 Å². The van der Waals surface area contributed by atoms with E-state index in [0.717, 1.165) is 45.8 Å². The van der Waals surface area contributed by atoms with Gasteiger partial charge in [0.15, 0.2) is 0 Å². The van der Waals surface area contributed by atoms with Crippen molar-refractivity contribution < 1.29 is 14.3 Å². The number of rotatable bonds is 6. The number of ether oxygens (including phenoxy) is 1. The first-order valence-corrected chi connectivity index (χ1v) is 7.56. The summed E-state index contributed by atoms with van der Waals surface area (Å²) in [6, 6.07) is 0. The molecule has 0 aliphatic carbocycles. The predicted octanol–water partition coefficient (Wildman–Crippen LogP) is -0.307. The molecular weight excluding hydrogens is 258 g/mol. The van der Waals surface area contributed by atoms with E-state index in [2.05, 4.69) is 10.2 Å². The van der Waals surface area contributed by atoms with Gasteiger partial charge in [-0.1, -0.05) is 6.92 Å². The van der Waals surface area contributed by atoms with E-state index in [1.54, 1.807) is 0 Å². The molecule has 1 atom stereocenters. The minimum Gasteiger partial charge on any atom is -0.379 e. The second-order valence-corrected chi connectivity index (χ2v) is 5.49. The van der Waals surface area contributed by atoms with Crippen LogP contribution in [0.25, 0.3) is 0 Å². The van der Waals surface area contributed by atoms with Gasteiger partial charge in [0, 0.05) is 45.7 Å². The van der Waals surface area contributed by atoms with Gasteiger partial charge in [-0.25, -0.2) is 0 Å². The molecule has 114 valence electrons. The van der Waals surface area contributed by atoms with Gasteiger partial charge in [0.1, 0.15) is 0 Å². The topological polar surface area (TPSA) is 61.9 Å². The number of hydrogen-bond acceptors (Lipinski definition) is 4. The Kier molecular flexibility index (Phi) is 5.79. The van der Waals surface area contributed by atoms with Crippen LogP contribution in [0, 0.1) is 5.92 Å². The molecule has 2 aliphatic heterocycles. The summed E-state index contributed by atoms with van der Waals surface area (Å²) in [5.74, 6) is -0.0391. The maximum Gasteiger partial charge on any atom is 0.225 e. The van der Waals surface area contributed by atoms with E-state index in [-0.39, 0.29) is 17.7 Å². The van der Waals surface area contributed by atoms with Gasteiger partial charge in [-0.3, -0.25) is 14.5 Å². The van der Waals surface area contributed by atoms with Crippen LogP contribution in [-0.2, 0) is 14.3 Å². The van der Waals surface area contributed by atoms with Crippen LogP contribution in [0.15, 0.2) is 0 Å². The number of carbonyl (C=O) groups is 2. The molecule has 2 fully saturated rings. The molecule has 0 aromatic heterocycles. The summed E-state index contributed by atoms with van der Waals surface area (Å²) in [7, 11) is 0. The van der Waals surface area contributed by atoms with Crippen LogP contribution in [0.1, 0.15) is 19.8 Å². The fourth-order valence-corrected chi connectivity index (χ4v) is 2.64. The number of amides is 2. The van der Waals surface area contributed by atoms with Gasteiger partial charge in [0.05, 0.1) is 19.1 Å². The minimum atomic E-state index is -0.168. The van der Waals surface area contributed by atoms with Crippen molar-refractivity contribution in [3.8, 4) is 0 Å². The SMILES string of the molecule is CCCNC(=O)C1CC(=O)N(CCN2CCOCC2)C1. The fourth-order valence-electron chi connectivity index (χ4n) is 2.64. The molecule has 2 heterocycles.